The molecule has 0 aromatic carbocycles. The summed E-state index contributed by atoms with van der Waals surface area (Å²) in [5.74, 6) is -0.549. The Labute approximate surface area is 133 Å². The number of carboxylic acid groups (broad SMARTS) is 1. The second kappa shape index (κ2) is 4.96. The number of aliphatic carboxylic acids is 1. The predicted molar refractivity (Wildman–Crippen MR) is 78.1 cm³/mol. The van der Waals surface area contributed by atoms with Gasteiger partial charge in [-0.25, -0.2) is 9.48 Å². The summed E-state index contributed by atoms with van der Waals surface area (Å²) in [6.45, 7) is 0.287. The molecule has 1 unspecified atom stereocenters. The van der Waals surface area contributed by atoms with Crippen LogP contribution in [0.5, 0.6) is 0 Å². The first-order chi connectivity index (χ1) is 10.6. The molecule has 22 heavy (non-hydrogen) atoms. The van der Waals surface area contributed by atoms with E-state index in [-0.39, 0.29) is 24.5 Å². The Hall–Kier alpha value is -1.59. The van der Waals surface area contributed by atoms with Crippen LogP contribution in [-0.4, -0.2) is 72.3 Å². The van der Waals surface area contributed by atoms with Crippen LogP contribution in [0, 0.1) is 0 Å². The summed E-state index contributed by atoms with van der Waals surface area (Å²) in [4.78, 5) is 26.3. The van der Waals surface area contributed by atoms with Crippen LogP contribution in [0.2, 0.25) is 0 Å². The third-order valence-electron chi connectivity index (χ3n) is 4.10. The Morgan fingerprint density at radius 3 is 3.14 bits per heavy atom. The molecule has 1 aromatic heterocycles. The van der Waals surface area contributed by atoms with E-state index in [4.69, 9.17) is 0 Å². The van der Waals surface area contributed by atoms with Gasteiger partial charge in [-0.15, -0.1) is 16.9 Å². The highest BCUT2D eigenvalue weighted by atomic mass is 32.2. The lowest BCUT2D eigenvalue weighted by Gasteiger charge is -2.48. The number of nitrogens with zero attached hydrogens (tertiary/aromatic N) is 5. The Morgan fingerprint density at radius 2 is 2.41 bits per heavy atom. The van der Waals surface area contributed by atoms with Gasteiger partial charge in [0.05, 0.1) is 12.6 Å². The molecule has 1 amide bonds. The Morgan fingerprint density at radius 1 is 1.59 bits per heavy atom. The molecule has 4 heterocycles. The van der Waals surface area contributed by atoms with E-state index in [1.807, 2.05) is 6.26 Å². The van der Waals surface area contributed by atoms with Crippen LogP contribution < -0.4 is 5.32 Å². The second-order valence-electron chi connectivity index (χ2n) is 5.11. The number of carbonyl (C=O) groups excluding carboxylic acids is 1. The standard InChI is InChI=1S/C11H12N6O3S2/c1-21-11-13-14-15-16(11)2-4-6(10(19)20)17-7-5(9(17)18)12-3-22-8(4)7/h5-7,12H,2-3H2,1H3,(H,19,20)/t5-,6?,7-/m0/s1. The number of hydrogen-bond acceptors (Lipinski definition) is 8. The van der Waals surface area contributed by atoms with Crippen molar-refractivity contribution in [2.75, 3.05) is 12.1 Å². The summed E-state index contributed by atoms with van der Waals surface area (Å²) in [5.41, 5.74) is 0.711. The molecule has 0 saturated carbocycles. The quantitative estimate of drug-likeness (QED) is 0.525. The summed E-state index contributed by atoms with van der Waals surface area (Å²) >= 11 is 2.95. The van der Waals surface area contributed by atoms with Gasteiger partial charge in [-0.05, 0) is 22.3 Å². The Kier molecular flexibility index (Phi) is 3.16. The first-order valence-electron chi connectivity index (χ1n) is 6.57. The van der Waals surface area contributed by atoms with Gasteiger partial charge >= 0.3 is 5.97 Å². The number of carbonyl (C=O) groups is 2. The molecule has 0 aliphatic carbocycles. The molecule has 116 valence electrons. The monoisotopic (exact) mass is 340 g/mol. The van der Waals surface area contributed by atoms with Gasteiger partial charge in [-0.3, -0.25) is 10.1 Å². The van der Waals surface area contributed by atoms with Gasteiger partial charge in [0.1, 0.15) is 6.04 Å². The van der Waals surface area contributed by atoms with Crippen molar-refractivity contribution in [1.29, 1.82) is 0 Å². The molecule has 0 radical (unpaired) electrons. The Bertz CT molecular complexity index is 704. The number of nitrogens with one attached hydrogen (secondary N) is 1. The summed E-state index contributed by atoms with van der Waals surface area (Å²) < 4.78 is 1.58. The van der Waals surface area contributed by atoms with E-state index in [1.54, 1.807) is 16.4 Å². The largest absolute Gasteiger partial charge is 0.479 e. The van der Waals surface area contributed by atoms with E-state index < -0.39 is 12.0 Å². The highest BCUT2D eigenvalue weighted by molar-refractivity contribution is 8.03. The van der Waals surface area contributed by atoms with E-state index >= 15 is 0 Å². The molecule has 11 heteroatoms. The summed E-state index contributed by atoms with van der Waals surface area (Å²) in [7, 11) is 0. The van der Waals surface area contributed by atoms with Gasteiger partial charge in [0.25, 0.3) is 0 Å². The maximum atomic E-state index is 12.2. The van der Waals surface area contributed by atoms with E-state index in [2.05, 4.69) is 20.8 Å². The molecule has 4 rings (SSSR count). The molecule has 3 atom stereocenters. The topological polar surface area (TPSA) is 113 Å². The van der Waals surface area contributed by atoms with Crippen molar-refractivity contribution < 1.29 is 14.7 Å². The van der Waals surface area contributed by atoms with Crippen LogP contribution in [-0.2, 0) is 16.1 Å². The lowest BCUT2D eigenvalue weighted by Crippen LogP contribution is -2.72. The molecule has 2 fully saturated rings. The zero-order chi connectivity index (χ0) is 15.4. The SMILES string of the molecule is CSc1nnnn1CC1=C2SCN[C@@H]3C(=O)N(C1C(=O)O)[C@H]23. The predicted octanol–water partition coefficient (Wildman–Crippen LogP) is -1.01. The third-order valence-corrected chi connectivity index (χ3v) is 5.88. The van der Waals surface area contributed by atoms with Gasteiger partial charge < -0.3 is 10.0 Å². The van der Waals surface area contributed by atoms with Crippen LogP contribution >= 0.6 is 23.5 Å². The van der Waals surface area contributed by atoms with Crippen molar-refractivity contribution in [1.82, 2.24) is 30.4 Å². The van der Waals surface area contributed by atoms with Crippen LogP contribution in [0.15, 0.2) is 15.6 Å². The van der Waals surface area contributed by atoms with Gasteiger partial charge in [0.15, 0.2) is 6.04 Å². The van der Waals surface area contributed by atoms with Crippen molar-refractivity contribution in [3.8, 4) is 0 Å². The average Bonchev–Trinajstić information content (AvgIpc) is 3.08. The second-order valence-corrected chi connectivity index (χ2v) is 6.90. The smallest absolute Gasteiger partial charge is 0.330 e. The van der Waals surface area contributed by atoms with Crippen LogP contribution in [0.3, 0.4) is 0 Å². The zero-order valence-electron chi connectivity index (χ0n) is 11.5. The minimum Gasteiger partial charge on any atom is -0.479 e. The highest BCUT2D eigenvalue weighted by Gasteiger charge is 2.61. The fraction of sp³-hybridized carbons (Fsp3) is 0.545. The van der Waals surface area contributed by atoms with Gasteiger partial charge in [0.2, 0.25) is 11.1 Å². The van der Waals surface area contributed by atoms with E-state index in [1.165, 1.54) is 16.7 Å². The summed E-state index contributed by atoms with van der Waals surface area (Å²) in [6.07, 6.45) is 1.86. The van der Waals surface area contributed by atoms with Crippen molar-refractivity contribution in [2.24, 2.45) is 0 Å². The molecule has 2 saturated heterocycles. The molecule has 9 nitrogen and oxygen atoms in total. The lowest BCUT2D eigenvalue weighted by atomic mass is 9.97. The fourth-order valence-electron chi connectivity index (χ4n) is 3.19. The van der Waals surface area contributed by atoms with Gasteiger partial charge in [-0.1, -0.05) is 11.8 Å². The van der Waals surface area contributed by atoms with Crippen LogP contribution in [0.1, 0.15) is 0 Å². The number of carboxylic acids is 1. The first kappa shape index (κ1) is 14.0. The van der Waals surface area contributed by atoms with E-state index in [0.29, 0.717) is 16.6 Å². The Balaban J connectivity index is 1.74. The molecular weight excluding hydrogens is 328 g/mol. The maximum absolute atomic E-state index is 12.2. The van der Waals surface area contributed by atoms with Crippen LogP contribution in [0.4, 0.5) is 0 Å². The minimum absolute atomic E-state index is 0.146. The van der Waals surface area contributed by atoms with Gasteiger partial charge in [0, 0.05) is 10.8 Å². The number of β-lactam (4-membered cyclic amide) rings is 1. The molecule has 2 N–H and O–H groups in total. The van der Waals surface area contributed by atoms with Crippen LogP contribution in [0.25, 0.3) is 0 Å². The zero-order valence-corrected chi connectivity index (χ0v) is 13.1. The fourth-order valence-corrected chi connectivity index (χ4v) is 4.82. The number of rotatable bonds is 4. The molecular formula is C11H12N6O3S2. The number of hydrogen-bond donors (Lipinski definition) is 2. The summed E-state index contributed by atoms with van der Waals surface area (Å²) in [5, 5.41) is 24.8. The average molecular weight is 340 g/mol. The first-order valence-corrected chi connectivity index (χ1v) is 8.78. The van der Waals surface area contributed by atoms with E-state index in [9.17, 15) is 14.7 Å². The van der Waals surface area contributed by atoms with Gasteiger partial charge in [-0.2, -0.15) is 0 Å². The molecule has 0 bridgehead atoms. The number of thioether (sulfide) groups is 2. The lowest BCUT2D eigenvalue weighted by molar-refractivity contribution is -0.159. The van der Waals surface area contributed by atoms with Crippen molar-refractivity contribution in [3.63, 3.8) is 0 Å². The summed E-state index contributed by atoms with van der Waals surface area (Å²) in [6, 6.07) is -1.36. The molecule has 1 aromatic rings. The molecule has 3 aliphatic rings. The van der Waals surface area contributed by atoms with Crippen molar-refractivity contribution in [2.45, 2.75) is 29.8 Å². The molecule has 3 aliphatic heterocycles. The van der Waals surface area contributed by atoms with E-state index in [0.717, 1.165) is 4.91 Å². The third kappa shape index (κ3) is 1.75. The highest BCUT2D eigenvalue weighted by Crippen LogP contribution is 2.47. The number of amides is 1. The number of tetrazole rings is 1. The normalized spacial score (nSPS) is 29.6. The number of aromatic nitrogens is 4. The maximum Gasteiger partial charge on any atom is 0.330 e. The van der Waals surface area contributed by atoms with Crippen molar-refractivity contribution >= 4 is 35.4 Å². The molecule has 0 spiro atoms. The minimum atomic E-state index is -1.01. The van der Waals surface area contributed by atoms with Crippen molar-refractivity contribution in [3.05, 3.63) is 10.5 Å².